The molecule has 1 amide bonds. The molecule has 0 saturated carbocycles. The largest absolute Gasteiger partial charge is 0.418 e. The lowest BCUT2D eigenvalue weighted by Gasteiger charge is -2.32. The number of pyridine rings is 2. The fraction of sp³-hybridized carbons (Fsp3) is 0.217. The first-order chi connectivity index (χ1) is 17.3. The number of amides is 1. The fourth-order valence-corrected chi connectivity index (χ4v) is 4.40. The zero-order valence-electron chi connectivity index (χ0n) is 18.7. The van der Waals surface area contributed by atoms with E-state index in [4.69, 9.17) is 4.42 Å². The van der Waals surface area contributed by atoms with E-state index in [1.165, 1.54) is 29.6 Å². The number of aromatic amines is 1. The molecule has 0 fully saturated rings. The van der Waals surface area contributed by atoms with Crippen LogP contribution in [0.25, 0.3) is 17.1 Å². The summed E-state index contributed by atoms with van der Waals surface area (Å²) >= 11 is 0. The Morgan fingerprint density at radius 2 is 2.06 bits per heavy atom. The van der Waals surface area contributed by atoms with Crippen LogP contribution in [0.5, 0.6) is 0 Å². The summed E-state index contributed by atoms with van der Waals surface area (Å²) in [6.45, 7) is 2.05. The minimum atomic E-state index is -4.57. The molecule has 36 heavy (non-hydrogen) atoms. The molecule has 182 valence electrons. The predicted octanol–water partition coefficient (Wildman–Crippen LogP) is 3.62. The van der Waals surface area contributed by atoms with E-state index in [-0.39, 0.29) is 29.5 Å². The van der Waals surface area contributed by atoms with Crippen molar-refractivity contribution in [1.82, 2.24) is 39.7 Å². The number of rotatable bonds is 3. The monoisotopic (exact) mass is 494 g/mol. The maximum absolute atomic E-state index is 13.6. The average Bonchev–Trinajstić information content (AvgIpc) is 3.61. The van der Waals surface area contributed by atoms with Gasteiger partial charge in [-0.1, -0.05) is 6.07 Å². The van der Waals surface area contributed by atoms with E-state index >= 15 is 0 Å². The normalized spacial score (nSPS) is 15.9. The van der Waals surface area contributed by atoms with Crippen LogP contribution in [-0.2, 0) is 12.6 Å². The molecule has 10 nitrogen and oxygen atoms in total. The molecule has 0 saturated heterocycles. The number of imidazole rings is 1. The van der Waals surface area contributed by atoms with Gasteiger partial charge < -0.3 is 14.3 Å². The molecule has 1 unspecified atom stereocenters. The van der Waals surface area contributed by atoms with E-state index in [9.17, 15) is 18.0 Å². The quantitative estimate of drug-likeness (QED) is 0.407. The molecule has 0 radical (unpaired) electrons. The Hall–Kier alpha value is -4.55. The summed E-state index contributed by atoms with van der Waals surface area (Å²) in [5.41, 5.74) is 1.71. The topological polar surface area (TPSA) is 118 Å². The molecule has 0 aromatic carbocycles. The van der Waals surface area contributed by atoms with Gasteiger partial charge in [-0.25, -0.2) is 14.5 Å². The van der Waals surface area contributed by atoms with Crippen LogP contribution in [0.15, 0.2) is 53.3 Å². The van der Waals surface area contributed by atoms with Gasteiger partial charge in [-0.2, -0.15) is 18.3 Å². The van der Waals surface area contributed by atoms with Gasteiger partial charge in [0.15, 0.2) is 0 Å². The lowest BCUT2D eigenvalue weighted by atomic mass is 9.99. The number of aryl methyl sites for hydroxylation is 1. The van der Waals surface area contributed by atoms with Gasteiger partial charge in [-0.3, -0.25) is 4.79 Å². The van der Waals surface area contributed by atoms with Crippen LogP contribution in [0.1, 0.15) is 45.1 Å². The number of hydrogen-bond donors (Lipinski definition) is 1. The average molecular weight is 494 g/mol. The fourth-order valence-electron chi connectivity index (χ4n) is 4.40. The number of nitrogens with zero attached hydrogens (tertiary/aromatic N) is 7. The second kappa shape index (κ2) is 8.00. The molecular weight excluding hydrogens is 477 g/mol. The number of hydrogen-bond acceptors (Lipinski definition) is 7. The minimum absolute atomic E-state index is 0.0821. The van der Waals surface area contributed by atoms with Crippen LogP contribution in [0.4, 0.5) is 13.2 Å². The molecule has 5 aromatic heterocycles. The summed E-state index contributed by atoms with van der Waals surface area (Å²) in [6, 6.07) is 8.00. The van der Waals surface area contributed by atoms with Crippen LogP contribution in [-0.4, -0.2) is 52.1 Å². The Morgan fingerprint density at radius 1 is 1.19 bits per heavy atom. The zero-order valence-corrected chi connectivity index (χ0v) is 18.7. The lowest BCUT2D eigenvalue weighted by molar-refractivity contribution is -0.136. The number of carbonyl (C=O) groups excluding carboxylic acids is 1. The first-order valence-electron chi connectivity index (χ1n) is 11.0. The molecule has 0 aliphatic carbocycles. The molecule has 0 bridgehead atoms. The third kappa shape index (κ3) is 3.59. The van der Waals surface area contributed by atoms with Crippen LogP contribution >= 0.6 is 0 Å². The number of halogens is 3. The van der Waals surface area contributed by atoms with Crippen molar-refractivity contribution in [3.63, 3.8) is 0 Å². The van der Waals surface area contributed by atoms with E-state index in [0.717, 1.165) is 22.0 Å². The number of alkyl halides is 3. The van der Waals surface area contributed by atoms with Gasteiger partial charge in [0.05, 0.1) is 28.8 Å². The van der Waals surface area contributed by atoms with Crippen molar-refractivity contribution in [1.29, 1.82) is 0 Å². The first-order valence-corrected chi connectivity index (χ1v) is 11.0. The zero-order chi connectivity index (χ0) is 25.0. The van der Waals surface area contributed by atoms with E-state index in [1.54, 1.807) is 12.1 Å². The van der Waals surface area contributed by atoms with Crippen LogP contribution in [0.2, 0.25) is 0 Å². The van der Waals surface area contributed by atoms with Crippen molar-refractivity contribution in [2.45, 2.75) is 25.6 Å². The highest BCUT2D eigenvalue weighted by molar-refractivity contribution is 5.90. The Morgan fingerprint density at radius 3 is 2.86 bits per heavy atom. The Balaban J connectivity index is 1.42. The SMILES string of the molecule is Cc1cccc(-c2nnc(C(=O)N3CCc4[nH]cnc4C3c3cc4c(C(F)(F)F)cccn4n3)o2)n1. The predicted molar refractivity (Wildman–Crippen MR) is 118 cm³/mol. The van der Waals surface area contributed by atoms with Gasteiger partial charge in [0.1, 0.15) is 11.7 Å². The molecule has 5 aromatic rings. The molecule has 1 atom stereocenters. The summed E-state index contributed by atoms with van der Waals surface area (Å²) < 4.78 is 47.6. The summed E-state index contributed by atoms with van der Waals surface area (Å²) in [6.07, 6.45) is -1.20. The van der Waals surface area contributed by atoms with E-state index in [0.29, 0.717) is 17.8 Å². The maximum Gasteiger partial charge on any atom is 0.418 e. The Bertz CT molecular complexity index is 1600. The first kappa shape index (κ1) is 21.9. The summed E-state index contributed by atoms with van der Waals surface area (Å²) in [4.78, 5) is 26.7. The van der Waals surface area contributed by atoms with Gasteiger partial charge in [0.2, 0.25) is 0 Å². The lowest BCUT2D eigenvalue weighted by Crippen LogP contribution is -2.41. The Kier molecular flexibility index (Phi) is 4.88. The number of nitrogens with one attached hydrogen (secondary N) is 1. The molecule has 0 spiro atoms. The van der Waals surface area contributed by atoms with Gasteiger partial charge in [0.25, 0.3) is 5.89 Å². The minimum Gasteiger partial charge on any atom is -0.411 e. The standard InChI is InChI=1S/C23H17F3N8O2/c1-12-4-2-6-15(29-12)20-30-31-21(36-20)22(35)33-9-7-14-18(28-11-27-14)19(33)16-10-17-13(23(24,25)26)5-3-8-34(17)32-16/h2-6,8,10-11,19H,7,9H2,1H3,(H,27,28). The number of H-pyrrole nitrogens is 1. The molecule has 1 N–H and O–H groups in total. The molecule has 13 heteroatoms. The highest BCUT2D eigenvalue weighted by Gasteiger charge is 2.39. The van der Waals surface area contributed by atoms with Crippen molar-refractivity contribution in [3.8, 4) is 11.6 Å². The molecule has 6 heterocycles. The van der Waals surface area contributed by atoms with Crippen molar-refractivity contribution in [2.24, 2.45) is 0 Å². The van der Waals surface area contributed by atoms with Gasteiger partial charge >= 0.3 is 18.0 Å². The van der Waals surface area contributed by atoms with Gasteiger partial charge in [-0.15, -0.1) is 10.2 Å². The maximum atomic E-state index is 13.6. The van der Waals surface area contributed by atoms with Crippen LogP contribution < -0.4 is 0 Å². The number of carbonyl (C=O) groups is 1. The van der Waals surface area contributed by atoms with E-state index in [1.807, 2.05) is 13.0 Å². The highest BCUT2D eigenvalue weighted by atomic mass is 19.4. The number of fused-ring (bicyclic) bond motifs is 2. The van der Waals surface area contributed by atoms with Crippen molar-refractivity contribution < 1.29 is 22.4 Å². The summed E-state index contributed by atoms with van der Waals surface area (Å²) in [7, 11) is 0. The second-order valence-electron chi connectivity index (χ2n) is 8.31. The third-order valence-electron chi connectivity index (χ3n) is 6.01. The van der Waals surface area contributed by atoms with Crippen molar-refractivity contribution >= 4 is 11.4 Å². The second-order valence-corrected chi connectivity index (χ2v) is 8.31. The van der Waals surface area contributed by atoms with E-state index < -0.39 is 23.7 Å². The summed E-state index contributed by atoms with van der Waals surface area (Å²) in [5, 5.41) is 12.2. The Labute approximate surface area is 200 Å². The molecule has 6 rings (SSSR count). The van der Waals surface area contributed by atoms with Gasteiger partial charge in [-0.05, 0) is 37.3 Å². The third-order valence-corrected chi connectivity index (χ3v) is 6.01. The molecular formula is C23H17F3N8O2. The van der Waals surface area contributed by atoms with Crippen molar-refractivity contribution in [2.75, 3.05) is 6.54 Å². The molecule has 1 aliphatic rings. The van der Waals surface area contributed by atoms with Crippen molar-refractivity contribution in [3.05, 3.63) is 83.2 Å². The van der Waals surface area contributed by atoms with Crippen LogP contribution in [0.3, 0.4) is 0 Å². The van der Waals surface area contributed by atoms with Gasteiger partial charge in [0, 0.05) is 30.6 Å². The van der Waals surface area contributed by atoms with E-state index in [2.05, 4.69) is 30.2 Å². The molecule has 1 aliphatic heterocycles. The smallest absolute Gasteiger partial charge is 0.411 e. The van der Waals surface area contributed by atoms with Crippen LogP contribution in [0, 0.1) is 6.92 Å². The number of aromatic nitrogens is 7. The highest BCUT2D eigenvalue weighted by Crippen LogP contribution is 2.37. The summed E-state index contributed by atoms with van der Waals surface area (Å²) in [5.74, 6) is -0.774.